The minimum absolute atomic E-state index is 0.135. The zero-order valence-corrected chi connectivity index (χ0v) is 16.0. The number of hydrogen-bond acceptors (Lipinski definition) is 7. The number of nitrogens with zero attached hydrogens (tertiary/aromatic N) is 1. The van der Waals surface area contributed by atoms with Crippen LogP contribution in [0.25, 0.3) is 10.8 Å². The maximum absolute atomic E-state index is 12.1. The largest absolute Gasteiger partial charge is 0.467 e. The van der Waals surface area contributed by atoms with Gasteiger partial charge in [-0.05, 0) is 12.0 Å². The van der Waals surface area contributed by atoms with E-state index in [1.807, 2.05) is 6.92 Å². The van der Waals surface area contributed by atoms with Crippen molar-refractivity contribution < 1.29 is 23.9 Å². The molecule has 0 radical (unpaired) electrons. The highest BCUT2D eigenvalue weighted by atomic mass is 16.5. The van der Waals surface area contributed by atoms with Crippen molar-refractivity contribution in [3.05, 3.63) is 40.3 Å². The van der Waals surface area contributed by atoms with Gasteiger partial charge >= 0.3 is 11.9 Å². The molecule has 0 aliphatic rings. The lowest BCUT2D eigenvalue weighted by Gasteiger charge is -2.21. The molecule has 9 heteroatoms. The predicted octanol–water partition coefficient (Wildman–Crippen LogP) is 0.713. The quantitative estimate of drug-likeness (QED) is 0.637. The molecular formula is C19H23N3O6. The number of rotatable bonds is 8. The Morgan fingerprint density at radius 2 is 1.89 bits per heavy atom. The summed E-state index contributed by atoms with van der Waals surface area (Å²) in [6, 6.07) is 5.93. The van der Waals surface area contributed by atoms with Gasteiger partial charge in [0, 0.05) is 5.39 Å². The van der Waals surface area contributed by atoms with Crippen molar-refractivity contribution in [1.29, 1.82) is 0 Å². The number of aromatic amines is 1. The van der Waals surface area contributed by atoms with Gasteiger partial charge in [0.2, 0.25) is 0 Å². The number of ether oxygens (including phenoxy) is 2. The highest BCUT2D eigenvalue weighted by Gasteiger charge is 2.27. The third-order valence-electron chi connectivity index (χ3n) is 4.44. The smallest absolute Gasteiger partial charge is 0.328 e. The van der Waals surface area contributed by atoms with Crippen LogP contribution in [-0.4, -0.2) is 47.8 Å². The van der Waals surface area contributed by atoms with Crippen LogP contribution >= 0.6 is 0 Å². The molecule has 1 aromatic carbocycles. The normalized spacial score (nSPS) is 12.8. The minimum atomic E-state index is -0.814. The van der Waals surface area contributed by atoms with Crippen LogP contribution in [0.3, 0.4) is 0 Å². The van der Waals surface area contributed by atoms with Crippen molar-refractivity contribution in [2.24, 2.45) is 5.92 Å². The first-order valence-electron chi connectivity index (χ1n) is 8.86. The van der Waals surface area contributed by atoms with E-state index in [9.17, 15) is 19.2 Å². The summed E-state index contributed by atoms with van der Waals surface area (Å²) in [5, 5.41) is 9.69. The van der Waals surface area contributed by atoms with Crippen LogP contribution in [0.4, 0.5) is 0 Å². The molecule has 1 aromatic heterocycles. The maximum Gasteiger partial charge on any atom is 0.328 e. The number of H-pyrrole nitrogens is 1. The van der Waals surface area contributed by atoms with Crippen molar-refractivity contribution in [3.63, 3.8) is 0 Å². The molecule has 150 valence electrons. The molecular weight excluding hydrogens is 366 g/mol. The fourth-order valence-corrected chi connectivity index (χ4v) is 2.65. The van der Waals surface area contributed by atoms with Gasteiger partial charge in [-0.25, -0.2) is 9.89 Å². The van der Waals surface area contributed by atoms with Gasteiger partial charge in [-0.2, -0.15) is 5.10 Å². The van der Waals surface area contributed by atoms with E-state index < -0.39 is 30.5 Å². The Balaban J connectivity index is 1.97. The van der Waals surface area contributed by atoms with Crippen LogP contribution < -0.4 is 10.9 Å². The summed E-state index contributed by atoms with van der Waals surface area (Å²) in [7, 11) is 1.24. The molecule has 0 bridgehead atoms. The number of aromatic nitrogens is 2. The second-order valence-electron chi connectivity index (χ2n) is 6.34. The Bertz CT molecular complexity index is 923. The molecule has 2 atom stereocenters. The van der Waals surface area contributed by atoms with Crippen molar-refractivity contribution in [2.75, 3.05) is 13.7 Å². The second kappa shape index (κ2) is 9.63. The fraction of sp³-hybridized carbons (Fsp3) is 0.421. The van der Waals surface area contributed by atoms with Gasteiger partial charge in [0.25, 0.3) is 11.5 Å². The summed E-state index contributed by atoms with van der Waals surface area (Å²) in [4.78, 5) is 47.7. The highest BCUT2D eigenvalue weighted by Crippen LogP contribution is 2.13. The number of nitrogens with one attached hydrogen (secondary N) is 2. The topological polar surface area (TPSA) is 127 Å². The van der Waals surface area contributed by atoms with Gasteiger partial charge in [0.15, 0.2) is 6.61 Å². The number of carbonyl (C=O) groups excluding carboxylic acids is 3. The molecule has 28 heavy (non-hydrogen) atoms. The molecule has 0 aliphatic heterocycles. The van der Waals surface area contributed by atoms with Gasteiger partial charge < -0.3 is 14.8 Å². The molecule has 0 spiro atoms. The lowest BCUT2D eigenvalue weighted by molar-refractivity contribution is -0.150. The number of methoxy groups -OCH3 is 1. The average molecular weight is 389 g/mol. The van der Waals surface area contributed by atoms with Crippen LogP contribution in [-0.2, 0) is 30.3 Å². The lowest BCUT2D eigenvalue weighted by atomic mass is 9.99. The van der Waals surface area contributed by atoms with E-state index in [1.54, 1.807) is 31.2 Å². The first-order valence-corrected chi connectivity index (χ1v) is 8.86. The highest BCUT2D eigenvalue weighted by molar-refractivity contribution is 5.88. The van der Waals surface area contributed by atoms with Gasteiger partial charge in [0.05, 0.1) is 24.6 Å². The molecule has 0 saturated heterocycles. The zero-order chi connectivity index (χ0) is 20.7. The minimum Gasteiger partial charge on any atom is -0.467 e. The molecule has 2 N–H and O–H groups in total. The Kier molecular flexibility index (Phi) is 7.25. The van der Waals surface area contributed by atoms with Gasteiger partial charge in [-0.15, -0.1) is 0 Å². The van der Waals surface area contributed by atoms with Gasteiger partial charge in [-0.3, -0.25) is 14.4 Å². The SMILES string of the molecule is CC[C@@H](C)[C@@H](NC(=O)COC(=O)Cc1n[nH]c(=O)c2ccccc12)C(=O)OC. The maximum atomic E-state index is 12.1. The van der Waals surface area contributed by atoms with Crippen molar-refractivity contribution in [1.82, 2.24) is 15.5 Å². The lowest BCUT2D eigenvalue weighted by Crippen LogP contribution is -2.47. The first-order chi connectivity index (χ1) is 13.4. The second-order valence-corrected chi connectivity index (χ2v) is 6.34. The third-order valence-corrected chi connectivity index (χ3v) is 4.44. The predicted molar refractivity (Wildman–Crippen MR) is 100 cm³/mol. The van der Waals surface area contributed by atoms with Crippen LogP contribution in [0.5, 0.6) is 0 Å². The number of benzene rings is 1. The number of hydrogen-bond donors (Lipinski definition) is 2. The van der Waals surface area contributed by atoms with E-state index in [2.05, 4.69) is 15.5 Å². The van der Waals surface area contributed by atoms with E-state index in [-0.39, 0.29) is 17.9 Å². The number of fused-ring (bicyclic) bond motifs is 1. The zero-order valence-electron chi connectivity index (χ0n) is 16.0. The van der Waals surface area contributed by atoms with Crippen LogP contribution in [0, 0.1) is 5.92 Å². The summed E-state index contributed by atoms with van der Waals surface area (Å²) in [5.74, 6) is -1.98. The summed E-state index contributed by atoms with van der Waals surface area (Å²) in [6.07, 6.45) is 0.446. The molecule has 2 aromatic rings. The number of esters is 2. The molecule has 0 fully saturated rings. The Morgan fingerprint density at radius 1 is 1.21 bits per heavy atom. The van der Waals surface area contributed by atoms with Crippen LogP contribution in [0.2, 0.25) is 0 Å². The Morgan fingerprint density at radius 3 is 2.54 bits per heavy atom. The molecule has 0 aliphatic carbocycles. The van der Waals surface area contributed by atoms with Crippen molar-refractivity contribution in [3.8, 4) is 0 Å². The average Bonchev–Trinajstić information content (AvgIpc) is 2.71. The van der Waals surface area contributed by atoms with Crippen molar-refractivity contribution in [2.45, 2.75) is 32.7 Å². The summed E-state index contributed by atoms with van der Waals surface area (Å²) in [6.45, 7) is 3.15. The Labute approximate surface area is 161 Å². The molecule has 1 amide bonds. The third kappa shape index (κ3) is 5.15. The summed E-state index contributed by atoms with van der Waals surface area (Å²) < 4.78 is 9.67. The molecule has 2 rings (SSSR count). The fourth-order valence-electron chi connectivity index (χ4n) is 2.65. The number of carbonyl (C=O) groups is 3. The number of amides is 1. The summed E-state index contributed by atoms with van der Waals surface area (Å²) in [5.41, 5.74) is -0.0151. The molecule has 0 saturated carbocycles. The van der Waals surface area contributed by atoms with Crippen LogP contribution in [0.15, 0.2) is 29.1 Å². The van der Waals surface area contributed by atoms with Crippen LogP contribution in [0.1, 0.15) is 26.0 Å². The first kappa shape index (κ1) is 21.1. The molecule has 0 unspecified atom stereocenters. The van der Waals surface area contributed by atoms with E-state index in [0.717, 1.165) is 0 Å². The molecule has 1 heterocycles. The molecule has 9 nitrogen and oxygen atoms in total. The van der Waals surface area contributed by atoms with E-state index in [1.165, 1.54) is 7.11 Å². The monoisotopic (exact) mass is 389 g/mol. The summed E-state index contributed by atoms with van der Waals surface area (Å²) >= 11 is 0. The standard InChI is InChI=1S/C19H23N3O6/c1-4-11(2)17(19(26)27-3)20-15(23)10-28-16(24)9-14-12-7-5-6-8-13(12)18(25)22-21-14/h5-8,11,17H,4,9-10H2,1-3H3,(H,20,23)(H,22,25)/t11-,17-/m1/s1. The Hall–Kier alpha value is -3.23. The van der Waals surface area contributed by atoms with Gasteiger partial charge in [0.1, 0.15) is 6.04 Å². The van der Waals surface area contributed by atoms with E-state index >= 15 is 0 Å². The van der Waals surface area contributed by atoms with E-state index in [4.69, 9.17) is 9.47 Å². The van der Waals surface area contributed by atoms with E-state index in [0.29, 0.717) is 22.9 Å². The van der Waals surface area contributed by atoms with Crippen molar-refractivity contribution >= 4 is 28.6 Å². The van der Waals surface area contributed by atoms with Gasteiger partial charge in [-0.1, -0.05) is 38.5 Å².